The van der Waals surface area contributed by atoms with E-state index in [4.69, 9.17) is 14.5 Å². The summed E-state index contributed by atoms with van der Waals surface area (Å²) in [7, 11) is 0. The van der Waals surface area contributed by atoms with Gasteiger partial charge in [0.25, 0.3) is 5.56 Å². The van der Waals surface area contributed by atoms with Gasteiger partial charge in [0.2, 0.25) is 0 Å². The summed E-state index contributed by atoms with van der Waals surface area (Å²) in [5, 5.41) is 1.38. The third-order valence-electron chi connectivity index (χ3n) is 5.02. The van der Waals surface area contributed by atoms with E-state index in [-0.39, 0.29) is 11.7 Å². The summed E-state index contributed by atoms with van der Waals surface area (Å²) >= 11 is 1.56. The van der Waals surface area contributed by atoms with Crippen LogP contribution in [0.15, 0.2) is 52.4 Å². The van der Waals surface area contributed by atoms with Crippen LogP contribution in [-0.2, 0) is 11.3 Å². The fourth-order valence-electron chi connectivity index (χ4n) is 3.72. The summed E-state index contributed by atoms with van der Waals surface area (Å²) in [5.41, 5.74) is 3.12. The number of aryl methyl sites for hydroxylation is 2. The first kappa shape index (κ1) is 20.0. The molecule has 0 spiro atoms. The van der Waals surface area contributed by atoms with Crippen molar-refractivity contribution in [1.82, 2.24) is 9.55 Å². The van der Waals surface area contributed by atoms with Crippen LogP contribution in [0.5, 0.6) is 5.75 Å². The second kappa shape index (κ2) is 9.01. The number of benzene rings is 2. The number of hydrogen-bond acceptors (Lipinski definition) is 5. The van der Waals surface area contributed by atoms with Crippen molar-refractivity contribution in [2.24, 2.45) is 0 Å². The standard InChI is InChI=1S/C23H26N2O3S/c1-16-12-17(2)14-19(13-16)28-10-11-29-23-24-21-8-4-3-7-20(21)22(26)25(23)15-18-6-5-9-27-18/h3-4,7-8,12-14,18H,5-6,9-11,15H2,1-2H3/t18-/m0/s1. The molecule has 4 rings (SSSR count). The van der Waals surface area contributed by atoms with E-state index in [0.29, 0.717) is 24.3 Å². The molecule has 0 bridgehead atoms. The molecular formula is C23H26N2O3S. The van der Waals surface area contributed by atoms with E-state index in [0.717, 1.165) is 35.9 Å². The van der Waals surface area contributed by atoms with Gasteiger partial charge in [-0.2, -0.15) is 0 Å². The molecule has 0 unspecified atom stereocenters. The minimum absolute atomic E-state index is 0.00354. The van der Waals surface area contributed by atoms with Crippen molar-refractivity contribution in [2.45, 2.75) is 44.5 Å². The zero-order chi connectivity index (χ0) is 20.2. The van der Waals surface area contributed by atoms with Gasteiger partial charge in [-0.25, -0.2) is 4.98 Å². The highest BCUT2D eigenvalue weighted by molar-refractivity contribution is 7.99. The number of ether oxygens (including phenoxy) is 2. The third kappa shape index (κ3) is 4.82. The van der Waals surface area contributed by atoms with E-state index in [9.17, 15) is 4.79 Å². The SMILES string of the molecule is Cc1cc(C)cc(OCCSc2nc3ccccc3c(=O)n2C[C@@H]2CCCO2)c1. The van der Waals surface area contributed by atoms with E-state index < -0.39 is 0 Å². The molecule has 152 valence electrons. The van der Waals surface area contributed by atoms with Crippen LogP contribution < -0.4 is 10.3 Å². The lowest BCUT2D eigenvalue weighted by molar-refractivity contribution is 0.0937. The van der Waals surface area contributed by atoms with E-state index in [1.54, 1.807) is 16.3 Å². The molecule has 1 aromatic heterocycles. The molecule has 0 radical (unpaired) electrons. The Morgan fingerprint density at radius 2 is 2.00 bits per heavy atom. The molecule has 2 heterocycles. The van der Waals surface area contributed by atoms with Gasteiger partial charge in [0, 0.05) is 12.4 Å². The average molecular weight is 411 g/mol. The van der Waals surface area contributed by atoms with Gasteiger partial charge in [0.1, 0.15) is 5.75 Å². The number of rotatable bonds is 7. The highest BCUT2D eigenvalue weighted by Crippen LogP contribution is 2.22. The third-order valence-corrected chi connectivity index (χ3v) is 5.96. The number of nitrogens with zero attached hydrogens (tertiary/aromatic N) is 2. The highest BCUT2D eigenvalue weighted by atomic mass is 32.2. The lowest BCUT2D eigenvalue weighted by Crippen LogP contribution is -2.29. The zero-order valence-corrected chi connectivity index (χ0v) is 17.7. The smallest absolute Gasteiger partial charge is 0.262 e. The maximum absolute atomic E-state index is 13.1. The van der Waals surface area contributed by atoms with Gasteiger partial charge in [-0.15, -0.1) is 0 Å². The van der Waals surface area contributed by atoms with Crippen molar-refractivity contribution in [3.05, 3.63) is 63.9 Å². The molecule has 1 aliphatic heterocycles. The van der Waals surface area contributed by atoms with Gasteiger partial charge in [0.15, 0.2) is 5.16 Å². The minimum atomic E-state index is 0.00354. The van der Waals surface area contributed by atoms with Crippen molar-refractivity contribution in [2.75, 3.05) is 19.0 Å². The van der Waals surface area contributed by atoms with Gasteiger partial charge >= 0.3 is 0 Å². The quantitative estimate of drug-likeness (QED) is 0.329. The Labute approximate surface area is 175 Å². The Morgan fingerprint density at radius 3 is 2.76 bits per heavy atom. The number of hydrogen-bond donors (Lipinski definition) is 0. The zero-order valence-electron chi connectivity index (χ0n) is 16.9. The molecule has 2 aromatic carbocycles. The van der Waals surface area contributed by atoms with E-state index in [1.165, 1.54) is 11.1 Å². The second-order valence-corrected chi connectivity index (χ2v) is 8.54. The molecule has 0 saturated carbocycles. The topological polar surface area (TPSA) is 53.3 Å². The maximum atomic E-state index is 13.1. The molecule has 3 aromatic rings. The number of aromatic nitrogens is 2. The summed E-state index contributed by atoms with van der Waals surface area (Å²) in [6.07, 6.45) is 2.12. The molecule has 1 aliphatic rings. The number of para-hydroxylation sites is 1. The summed E-state index contributed by atoms with van der Waals surface area (Å²) in [4.78, 5) is 17.9. The Bertz CT molecular complexity index is 1040. The second-order valence-electron chi connectivity index (χ2n) is 7.48. The van der Waals surface area contributed by atoms with Crippen LogP contribution in [0.2, 0.25) is 0 Å². The van der Waals surface area contributed by atoms with Crippen LogP contribution in [-0.4, -0.2) is 34.6 Å². The molecular weight excluding hydrogens is 384 g/mol. The Balaban J connectivity index is 1.51. The first-order valence-corrected chi connectivity index (χ1v) is 11.0. The van der Waals surface area contributed by atoms with Gasteiger partial charge < -0.3 is 9.47 Å². The van der Waals surface area contributed by atoms with Crippen LogP contribution in [0.1, 0.15) is 24.0 Å². The van der Waals surface area contributed by atoms with E-state index in [1.807, 2.05) is 36.4 Å². The monoisotopic (exact) mass is 410 g/mol. The molecule has 1 saturated heterocycles. The highest BCUT2D eigenvalue weighted by Gasteiger charge is 2.20. The molecule has 5 nitrogen and oxygen atoms in total. The van der Waals surface area contributed by atoms with Crippen LogP contribution in [0, 0.1) is 13.8 Å². The van der Waals surface area contributed by atoms with E-state index >= 15 is 0 Å². The fraction of sp³-hybridized carbons (Fsp3) is 0.391. The molecule has 1 fully saturated rings. The number of thioether (sulfide) groups is 1. The first-order valence-electron chi connectivity index (χ1n) is 10.1. The maximum Gasteiger partial charge on any atom is 0.262 e. The van der Waals surface area contributed by atoms with E-state index in [2.05, 4.69) is 19.9 Å². The van der Waals surface area contributed by atoms with Crippen molar-refractivity contribution in [3.63, 3.8) is 0 Å². The largest absolute Gasteiger partial charge is 0.493 e. The molecule has 29 heavy (non-hydrogen) atoms. The van der Waals surface area contributed by atoms with Gasteiger partial charge in [-0.1, -0.05) is 30.0 Å². The predicted octanol–water partition coefficient (Wildman–Crippen LogP) is 4.36. The summed E-state index contributed by atoms with van der Waals surface area (Å²) in [5.74, 6) is 1.59. The molecule has 1 atom stereocenters. The van der Waals surface area contributed by atoms with Crippen LogP contribution in [0.3, 0.4) is 0 Å². The predicted molar refractivity (Wildman–Crippen MR) is 117 cm³/mol. The van der Waals surface area contributed by atoms with Gasteiger partial charge in [-0.05, 0) is 62.1 Å². The van der Waals surface area contributed by atoms with Gasteiger partial charge in [-0.3, -0.25) is 9.36 Å². The summed E-state index contributed by atoms with van der Waals surface area (Å²) in [6.45, 7) is 6.01. The Kier molecular flexibility index (Phi) is 6.21. The van der Waals surface area contributed by atoms with Crippen molar-refractivity contribution in [1.29, 1.82) is 0 Å². The minimum Gasteiger partial charge on any atom is -0.493 e. The first-order chi connectivity index (χ1) is 14.1. The van der Waals surface area contributed by atoms with Crippen molar-refractivity contribution >= 4 is 22.7 Å². The molecule has 6 heteroatoms. The number of fused-ring (bicyclic) bond motifs is 1. The molecule has 0 amide bonds. The lowest BCUT2D eigenvalue weighted by Gasteiger charge is -2.16. The Morgan fingerprint density at radius 1 is 1.21 bits per heavy atom. The van der Waals surface area contributed by atoms with Crippen LogP contribution in [0.4, 0.5) is 0 Å². The molecule has 0 N–H and O–H groups in total. The van der Waals surface area contributed by atoms with Gasteiger partial charge in [0.05, 0.1) is 30.2 Å². The van der Waals surface area contributed by atoms with Crippen molar-refractivity contribution in [3.8, 4) is 5.75 Å². The Hall–Kier alpha value is -2.31. The summed E-state index contributed by atoms with van der Waals surface area (Å²) in [6, 6.07) is 13.7. The van der Waals surface area contributed by atoms with Crippen LogP contribution >= 0.6 is 11.8 Å². The normalized spacial score (nSPS) is 16.4. The molecule has 0 aliphatic carbocycles. The fourth-order valence-corrected chi connectivity index (χ4v) is 4.54. The summed E-state index contributed by atoms with van der Waals surface area (Å²) < 4.78 is 13.5. The van der Waals surface area contributed by atoms with Crippen LogP contribution in [0.25, 0.3) is 10.9 Å². The van der Waals surface area contributed by atoms with Crippen molar-refractivity contribution < 1.29 is 9.47 Å². The lowest BCUT2D eigenvalue weighted by atomic mass is 10.1. The average Bonchev–Trinajstić information content (AvgIpc) is 3.20.